The highest BCUT2D eigenvalue weighted by molar-refractivity contribution is 5.97. The standard InChI is InChI=1S/C20H26N4/c1-16(2)22-20(21)17-8-10-19(11-9-17)24-14-12-23(13-15-24)18-6-4-3-5-7-18/h3-11,16H,12-15H2,1-2H3,(H2,21,22). The molecule has 0 bridgehead atoms. The van der Waals surface area contributed by atoms with Gasteiger partial charge in [-0.15, -0.1) is 0 Å². The maximum absolute atomic E-state index is 6.04. The number of hydrogen-bond donors (Lipinski definition) is 1. The fourth-order valence-corrected chi connectivity index (χ4v) is 3.06. The average Bonchev–Trinajstić information content (AvgIpc) is 2.62. The highest BCUT2D eigenvalue weighted by Gasteiger charge is 2.17. The summed E-state index contributed by atoms with van der Waals surface area (Å²) in [5.74, 6) is 0.616. The van der Waals surface area contributed by atoms with Crippen molar-refractivity contribution in [1.82, 2.24) is 0 Å². The summed E-state index contributed by atoms with van der Waals surface area (Å²) in [6.45, 7) is 8.22. The van der Waals surface area contributed by atoms with Crippen molar-refractivity contribution < 1.29 is 0 Å². The Bertz CT molecular complexity index is 669. The maximum Gasteiger partial charge on any atom is 0.125 e. The van der Waals surface area contributed by atoms with Crippen LogP contribution in [0, 0.1) is 0 Å². The molecular weight excluding hydrogens is 296 g/mol. The Balaban J connectivity index is 1.62. The fourth-order valence-electron chi connectivity index (χ4n) is 3.06. The molecule has 2 N–H and O–H groups in total. The fraction of sp³-hybridized carbons (Fsp3) is 0.350. The van der Waals surface area contributed by atoms with Crippen molar-refractivity contribution in [3.63, 3.8) is 0 Å². The molecule has 24 heavy (non-hydrogen) atoms. The van der Waals surface area contributed by atoms with Gasteiger partial charge in [0.1, 0.15) is 5.84 Å². The molecule has 0 amide bonds. The number of anilines is 2. The predicted octanol–water partition coefficient (Wildman–Crippen LogP) is 3.13. The zero-order chi connectivity index (χ0) is 16.9. The molecule has 1 fully saturated rings. The lowest BCUT2D eigenvalue weighted by atomic mass is 10.1. The Morgan fingerprint density at radius 2 is 1.33 bits per heavy atom. The Hall–Kier alpha value is -2.49. The van der Waals surface area contributed by atoms with Crippen LogP contribution in [0.15, 0.2) is 59.6 Å². The van der Waals surface area contributed by atoms with Crippen LogP contribution in [0.5, 0.6) is 0 Å². The predicted molar refractivity (Wildman–Crippen MR) is 103 cm³/mol. The molecular formula is C20H26N4. The van der Waals surface area contributed by atoms with Crippen molar-refractivity contribution in [1.29, 1.82) is 0 Å². The van der Waals surface area contributed by atoms with Gasteiger partial charge in [0, 0.05) is 49.2 Å². The lowest BCUT2D eigenvalue weighted by Crippen LogP contribution is -2.46. The van der Waals surface area contributed by atoms with E-state index in [-0.39, 0.29) is 6.04 Å². The number of hydrogen-bond acceptors (Lipinski definition) is 3. The van der Waals surface area contributed by atoms with E-state index < -0.39 is 0 Å². The zero-order valence-corrected chi connectivity index (χ0v) is 14.5. The highest BCUT2D eigenvalue weighted by Crippen LogP contribution is 2.20. The van der Waals surface area contributed by atoms with Gasteiger partial charge in [0.05, 0.1) is 0 Å². The largest absolute Gasteiger partial charge is 0.383 e. The van der Waals surface area contributed by atoms with Gasteiger partial charge in [-0.05, 0) is 50.2 Å². The number of nitrogens with zero attached hydrogens (tertiary/aromatic N) is 3. The first-order valence-corrected chi connectivity index (χ1v) is 8.62. The second kappa shape index (κ2) is 7.39. The van der Waals surface area contributed by atoms with Crippen LogP contribution in [-0.2, 0) is 0 Å². The van der Waals surface area contributed by atoms with Gasteiger partial charge in [-0.25, -0.2) is 0 Å². The summed E-state index contributed by atoms with van der Waals surface area (Å²) in [4.78, 5) is 9.28. The molecule has 126 valence electrons. The van der Waals surface area contributed by atoms with Gasteiger partial charge in [-0.3, -0.25) is 4.99 Å². The number of aliphatic imine (C=N–C) groups is 1. The van der Waals surface area contributed by atoms with E-state index in [1.165, 1.54) is 11.4 Å². The molecule has 0 radical (unpaired) electrons. The molecule has 2 aromatic rings. The van der Waals surface area contributed by atoms with Crippen molar-refractivity contribution in [3.05, 3.63) is 60.2 Å². The average molecular weight is 322 g/mol. The summed E-state index contributed by atoms with van der Waals surface area (Å²) in [5.41, 5.74) is 9.60. The first-order valence-electron chi connectivity index (χ1n) is 8.62. The van der Waals surface area contributed by atoms with Crippen LogP contribution in [-0.4, -0.2) is 38.1 Å². The number of nitrogens with two attached hydrogens (primary N) is 1. The summed E-state index contributed by atoms with van der Waals surface area (Å²) >= 11 is 0. The number of benzene rings is 2. The molecule has 3 rings (SSSR count). The van der Waals surface area contributed by atoms with E-state index in [1.807, 2.05) is 13.8 Å². The zero-order valence-electron chi connectivity index (χ0n) is 14.5. The van der Waals surface area contributed by atoms with Crippen molar-refractivity contribution in [3.8, 4) is 0 Å². The Labute approximate surface area is 144 Å². The second-order valence-corrected chi connectivity index (χ2v) is 6.46. The van der Waals surface area contributed by atoms with Crippen LogP contribution in [0.4, 0.5) is 11.4 Å². The summed E-state index contributed by atoms with van der Waals surface area (Å²) in [5, 5.41) is 0. The molecule has 4 heteroatoms. The molecule has 1 aliphatic heterocycles. The Morgan fingerprint density at radius 1 is 0.833 bits per heavy atom. The summed E-state index contributed by atoms with van der Waals surface area (Å²) in [7, 11) is 0. The number of piperazine rings is 1. The Kier molecular flexibility index (Phi) is 5.04. The molecule has 0 aromatic heterocycles. The van der Waals surface area contributed by atoms with Gasteiger partial charge < -0.3 is 15.5 Å². The van der Waals surface area contributed by atoms with E-state index >= 15 is 0 Å². The SMILES string of the molecule is CC(C)N=C(N)c1ccc(N2CCN(c3ccccc3)CC2)cc1. The van der Waals surface area contributed by atoms with E-state index in [0.29, 0.717) is 5.84 Å². The van der Waals surface area contributed by atoms with Crippen LogP contribution < -0.4 is 15.5 Å². The van der Waals surface area contributed by atoms with Crippen molar-refractivity contribution in [2.75, 3.05) is 36.0 Å². The molecule has 1 saturated heterocycles. The van der Waals surface area contributed by atoms with E-state index in [2.05, 4.69) is 69.4 Å². The number of amidine groups is 1. The maximum atomic E-state index is 6.04. The monoisotopic (exact) mass is 322 g/mol. The molecule has 4 nitrogen and oxygen atoms in total. The van der Waals surface area contributed by atoms with Gasteiger partial charge in [0.2, 0.25) is 0 Å². The number of para-hydroxylation sites is 1. The van der Waals surface area contributed by atoms with Crippen molar-refractivity contribution >= 4 is 17.2 Å². The van der Waals surface area contributed by atoms with Crippen LogP contribution in [0.3, 0.4) is 0 Å². The third kappa shape index (κ3) is 3.88. The third-order valence-electron chi connectivity index (χ3n) is 4.33. The molecule has 0 unspecified atom stereocenters. The third-order valence-corrected chi connectivity index (χ3v) is 4.33. The first-order chi connectivity index (χ1) is 11.6. The van der Waals surface area contributed by atoms with Gasteiger partial charge in [-0.2, -0.15) is 0 Å². The van der Waals surface area contributed by atoms with Crippen LogP contribution in [0.25, 0.3) is 0 Å². The molecule has 0 atom stereocenters. The summed E-state index contributed by atoms with van der Waals surface area (Å²) in [6.07, 6.45) is 0. The van der Waals surface area contributed by atoms with Crippen LogP contribution >= 0.6 is 0 Å². The van der Waals surface area contributed by atoms with Gasteiger partial charge in [-0.1, -0.05) is 18.2 Å². The van der Waals surface area contributed by atoms with Gasteiger partial charge in [0.25, 0.3) is 0 Å². The topological polar surface area (TPSA) is 44.9 Å². The summed E-state index contributed by atoms with van der Waals surface area (Å²) < 4.78 is 0. The van der Waals surface area contributed by atoms with E-state index in [4.69, 9.17) is 5.73 Å². The van der Waals surface area contributed by atoms with E-state index in [1.54, 1.807) is 0 Å². The minimum atomic E-state index is 0.218. The molecule has 1 aliphatic rings. The lowest BCUT2D eigenvalue weighted by Gasteiger charge is -2.37. The Morgan fingerprint density at radius 3 is 1.83 bits per heavy atom. The molecule has 1 heterocycles. The van der Waals surface area contributed by atoms with Gasteiger partial charge in [0.15, 0.2) is 0 Å². The lowest BCUT2D eigenvalue weighted by molar-refractivity contribution is 0.653. The number of rotatable bonds is 4. The molecule has 0 aliphatic carbocycles. The second-order valence-electron chi connectivity index (χ2n) is 6.46. The molecule has 0 spiro atoms. The van der Waals surface area contributed by atoms with Gasteiger partial charge >= 0.3 is 0 Å². The van der Waals surface area contributed by atoms with Crippen molar-refractivity contribution in [2.24, 2.45) is 10.7 Å². The summed E-state index contributed by atoms with van der Waals surface area (Å²) in [6, 6.07) is 19.3. The minimum Gasteiger partial charge on any atom is -0.383 e. The van der Waals surface area contributed by atoms with Crippen LogP contribution in [0.2, 0.25) is 0 Å². The molecule has 0 saturated carbocycles. The molecule has 2 aromatic carbocycles. The minimum absolute atomic E-state index is 0.218. The highest BCUT2D eigenvalue weighted by atomic mass is 15.3. The first kappa shape index (κ1) is 16.4. The van der Waals surface area contributed by atoms with E-state index in [0.717, 1.165) is 31.7 Å². The normalized spacial score (nSPS) is 15.9. The quantitative estimate of drug-likeness (QED) is 0.695. The van der Waals surface area contributed by atoms with Crippen LogP contribution in [0.1, 0.15) is 19.4 Å². The smallest absolute Gasteiger partial charge is 0.125 e. The van der Waals surface area contributed by atoms with E-state index in [9.17, 15) is 0 Å². The van der Waals surface area contributed by atoms with Crippen molar-refractivity contribution in [2.45, 2.75) is 19.9 Å².